The Morgan fingerprint density at radius 2 is 2.00 bits per heavy atom. The summed E-state index contributed by atoms with van der Waals surface area (Å²) in [4.78, 5) is 23.0. The summed E-state index contributed by atoms with van der Waals surface area (Å²) in [6.07, 6.45) is 4.30. The monoisotopic (exact) mass is 276 g/mol. The highest BCUT2D eigenvalue weighted by Gasteiger charge is 2.21. The van der Waals surface area contributed by atoms with Crippen molar-refractivity contribution in [1.82, 2.24) is 5.32 Å². The van der Waals surface area contributed by atoms with E-state index in [9.17, 15) is 9.59 Å². The number of aromatic carboxylic acids is 1. The average Bonchev–Trinajstić information content (AvgIpc) is 2.38. The number of para-hydroxylation sites is 1. The van der Waals surface area contributed by atoms with E-state index in [0.717, 1.165) is 19.3 Å². The molecule has 1 aliphatic carbocycles. The van der Waals surface area contributed by atoms with Crippen LogP contribution in [0, 0.1) is 5.92 Å². The molecule has 2 rings (SSSR count). The molecule has 108 valence electrons. The van der Waals surface area contributed by atoms with Crippen LogP contribution in [0.15, 0.2) is 24.3 Å². The molecule has 1 saturated carbocycles. The van der Waals surface area contributed by atoms with Crippen LogP contribution >= 0.6 is 0 Å². The van der Waals surface area contributed by atoms with Gasteiger partial charge in [0.1, 0.15) is 0 Å². The van der Waals surface area contributed by atoms with Crippen LogP contribution in [0.3, 0.4) is 0 Å². The number of carbonyl (C=O) groups excluding carboxylic acids is 1. The fourth-order valence-electron chi connectivity index (χ4n) is 2.69. The Bertz CT molecular complexity index is 502. The molecule has 1 aromatic rings. The lowest BCUT2D eigenvalue weighted by Gasteiger charge is -2.27. The van der Waals surface area contributed by atoms with Crippen molar-refractivity contribution in [3.05, 3.63) is 29.8 Å². The molecule has 0 radical (unpaired) electrons. The number of urea groups is 1. The third-order valence-electron chi connectivity index (χ3n) is 3.68. The molecule has 20 heavy (non-hydrogen) atoms. The molecular weight excluding hydrogens is 256 g/mol. The molecule has 1 aliphatic rings. The Kier molecular flexibility index (Phi) is 4.61. The number of rotatable bonds is 3. The predicted molar refractivity (Wildman–Crippen MR) is 77.0 cm³/mol. The Morgan fingerprint density at radius 3 is 2.70 bits per heavy atom. The zero-order valence-corrected chi connectivity index (χ0v) is 11.6. The molecular formula is C15H20N2O3. The second-order valence-corrected chi connectivity index (χ2v) is 5.42. The van der Waals surface area contributed by atoms with Crippen LogP contribution in [0.4, 0.5) is 10.5 Å². The van der Waals surface area contributed by atoms with Crippen LogP contribution in [0.2, 0.25) is 0 Å². The minimum atomic E-state index is -1.05. The van der Waals surface area contributed by atoms with Crippen molar-refractivity contribution in [3.63, 3.8) is 0 Å². The smallest absolute Gasteiger partial charge is 0.337 e. The first-order valence-electron chi connectivity index (χ1n) is 6.96. The molecule has 2 unspecified atom stereocenters. The molecule has 3 N–H and O–H groups in total. The van der Waals surface area contributed by atoms with Crippen molar-refractivity contribution in [2.24, 2.45) is 5.92 Å². The lowest BCUT2D eigenvalue weighted by Crippen LogP contribution is -2.40. The Morgan fingerprint density at radius 1 is 1.25 bits per heavy atom. The van der Waals surface area contributed by atoms with Crippen molar-refractivity contribution in [2.75, 3.05) is 5.32 Å². The van der Waals surface area contributed by atoms with Crippen molar-refractivity contribution in [1.29, 1.82) is 0 Å². The quantitative estimate of drug-likeness (QED) is 0.793. The Hall–Kier alpha value is -2.04. The minimum absolute atomic E-state index is 0.0969. The van der Waals surface area contributed by atoms with E-state index in [-0.39, 0.29) is 17.6 Å². The first kappa shape index (κ1) is 14.4. The van der Waals surface area contributed by atoms with E-state index in [4.69, 9.17) is 5.11 Å². The van der Waals surface area contributed by atoms with E-state index in [1.54, 1.807) is 18.2 Å². The summed E-state index contributed by atoms with van der Waals surface area (Å²) in [6.45, 7) is 2.19. The summed E-state index contributed by atoms with van der Waals surface area (Å²) < 4.78 is 0. The SMILES string of the molecule is CC1CCCC(NC(=O)Nc2ccccc2C(=O)O)C1. The number of hydrogen-bond donors (Lipinski definition) is 3. The number of carboxylic acids is 1. The van der Waals surface area contributed by atoms with E-state index < -0.39 is 5.97 Å². The standard InChI is InChI=1S/C15H20N2O3/c1-10-5-4-6-11(9-10)16-15(20)17-13-8-3-2-7-12(13)14(18)19/h2-3,7-8,10-11H,4-6,9H2,1H3,(H,18,19)(H2,16,17,20). The molecule has 0 heterocycles. The van der Waals surface area contributed by atoms with Gasteiger partial charge in [-0.25, -0.2) is 9.59 Å². The molecule has 0 bridgehead atoms. The highest BCUT2D eigenvalue weighted by molar-refractivity contribution is 5.99. The van der Waals surface area contributed by atoms with Gasteiger partial charge in [-0.3, -0.25) is 0 Å². The van der Waals surface area contributed by atoms with Crippen LogP contribution < -0.4 is 10.6 Å². The maximum absolute atomic E-state index is 11.9. The summed E-state index contributed by atoms with van der Waals surface area (Å²) in [5.74, 6) is -0.424. The summed E-state index contributed by atoms with van der Waals surface area (Å²) in [7, 11) is 0. The Labute approximate surface area is 118 Å². The number of anilines is 1. The lowest BCUT2D eigenvalue weighted by molar-refractivity contribution is 0.0698. The van der Waals surface area contributed by atoms with Gasteiger partial charge in [0.15, 0.2) is 0 Å². The van der Waals surface area contributed by atoms with E-state index in [2.05, 4.69) is 17.6 Å². The highest BCUT2D eigenvalue weighted by Crippen LogP contribution is 2.23. The number of hydrogen-bond acceptors (Lipinski definition) is 2. The molecule has 5 heteroatoms. The van der Waals surface area contributed by atoms with Gasteiger partial charge in [-0.1, -0.05) is 31.9 Å². The van der Waals surface area contributed by atoms with Gasteiger partial charge in [-0.2, -0.15) is 0 Å². The van der Waals surface area contributed by atoms with Crippen LogP contribution in [-0.2, 0) is 0 Å². The first-order valence-corrected chi connectivity index (χ1v) is 6.96. The van der Waals surface area contributed by atoms with E-state index in [1.807, 2.05) is 0 Å². The fraction of sp³-hybridized carbons (Fsp3) is 0.467. The van der Waals surface area contributed by atoms with Gasteiger partial charge in [0.25, 0.3) is 0 Å². The van der Waals surface area contributed by atoms with E-state index in [1.165, 1.54) is 12.5 Å². The van der Waals surface area contributed by atoms with Gasteiger partial charge in [0.2, 0.25) is 0 Å². The Balaban J connectivity index is 1.96. The predicted octanol–water partition coefficient (Wildman–Crippen LogP) is 3.09. The van der Waals surface area contributed by atoms with E-state index >= 15 is 0 Å². The first-order chi connectivity index (χ1) is 9.56. The second kappa shape index (κ2) is 6.41. The van der Waals surface area contributed by atoms with E-state index in [0.29, 0.717) is 11.6 Å². The van der Waals surface area contributed by atoms with Crippen molar-refractivity contribution in [3.8, 4) is 0 Å². The molecule has 0 aromatic heterocycles. The topological polar surface area (TPSA) is 78.4 Å². The number of benzene rings is 1. The van der Waals surface area contributed by atoms with Crippen molar-refractivity contribution < 1.29 is 14.7 Å². The number of carbonyl (C=O) groups is 2. The number of amides is 2. The number of carboxylic acid groups (broad SMARTS) is 1. The van der Waals surface area contributed by atoms with Crippen LogP contribution in [0.25, 0.3) is 0 Å². The van der Waals surface area contributed by atoms with Crippen LogP contribution in [0.1, 0.15) is 43.0 Å². The van der Waals surface area contributed by atoms with Crippen molar-refractivity contribution >= 4 is 17.7 Å². The molecule has 0 spiro atoms. The summed E-state index contributed by atoms with van der Waals surface area (Å²) in [5, 5.41) is 14.6. The van der Waals surface area contributed by atoms with Gasteiger partial charge in [-0.15, -0.1) is 0 Å². The molecule has 0 saturated heterocycles. The second-order valence-electron chi connectivity index (χ2n) is 5.42. The summed E-state index contributed by atoms with van der Waals surface area (Å²) in [6, 6.07) is 6.24. The van der Waals surface area contributed by atoms with Gasteiger partial charge in [-0.05, 0) is 30.9 Å². The van der Waals surface area contributed by atoms with Crippen molar-refractivity contribution in [2.45, 2.75) is 38.6 Å². The maximum atomic E-state index is 11.9. The average molecular weight is 276 g/mol. The third kappa shape index (κ3) is 3.73. The number of nitrogens with one attached hydrogen (secondary N) is 2. The molecule has 1 aromatic carbocycles. The zero-order valence-electron chi connectivity index (χ0n) is 11.6. The summed E-state index contributed by atoms with van der Waals surface area (Å²) in [5.41, 5.74) is 0.418. The minimum Gasteiger partial charge on any atom is -0.478 e. The normalized spacial score (nSPS) is 22.1. The van der Waals surface area contributed by atoms with Gasteiger partial charge >= 0.3 is 12.0 Å². The van der Waals surface area contributed by atoms with Crippen LogP contribution in [-0.4, -0.2) is 23.1 Å². The largest absolute Gasteiger partial charge is 0.478 e. The van der Waals surface area contributed by atoms with Gasteiger partial charge in [0, 0.05) is 6.04 Å². The molecule has 2 atom stereocenters. The fourth-order valence-corrected chi connectivity index (χ4v) is 2.69. The lowest BCUT2D eigenvalue weighted by atomic mass is 9.87. The summed E-state index contributed by atoms with van der Waals surface area (Å²) >= 11 is 0. The van der Waals surface area contributed by atoms with Gasteiger partial charge in [0.05, 0.1) is 11.3 Å². The third-order valence-corrected chi connectivity index (χ3v) is 3.68. The van der Waals surface area contributed by atoms with Gasteiger partial charge < -0.3 is 15.7 Å². The molecule has 0 aliphatic heterocycles. The zero-order chi connectivity index (χ0) is 14.5. The molecule has 2 amide bonds. The maximum Gasteiger partial charge on any atom is 0.337 e. The van der Waals surface area contributed by atoms with Crippen LogP contribution in [0.5, 0.6) is 0 Å². The highest BCUT2D eigenvalue weighted by atomic mass is 16.4. The molecule has 5 nitrogen and oxygen atoms in total. The molecule has 1 fully saturated rings.